The van der Waals surface area contributed by atoms with Crippen LogP contribution in [0.5, 0.6) is 5.75 Å². The van der Waals surface area contributed by atoms with Gasteiger partial charge in [-0.2, -0.15) is 0 Å². The highest BCUT2D eigenvalue weighted by Gasteiger charge is 2.26. The van der Waals surface area contributed by atoms with Crippen molar-refractivity contribution >= 4 is 38.9 Å². The molecular weight excluding hydrogens is 382 g/mol. The fraction of sp³-hybridized carbons (Fsp3) is 0.263. The lowest BCUT2D eigenvalue weighted by Gasteiger charge is -2.16. The van der Waals surface area contributed by atoms with Crippen molar-refractivity contribution in [3.63, 3.8) is 0 Å². The first-order valence-electron chi connectivity index (χ1n) is 8.56. The van der Waals surface area contributed by atoms with E-state index in [9.17, 15) is 18.0 Å². The van der Waals surface area contributed by atoms with Gasteiger partial charge in [-0.15, -0.1) is 0 Å². The Morgan fingerprint density at radius 2 is 1.86 bits per heavy atom. The smallest absolute Gasteiger partial charge is 0.255 e. The third-order valence-electron chi connectivity index (χ3n) is 4.36. The van der Waals surface area contributed by atoms with E-state index < -0.39 is 10.0 Å². The van der Waals surface area contributed by atoms with Crippen molar-refractivity contribution < 1.29 is 22.7 Å². The molecule has 1 aliphatic heterocycles. The monoisotopic (exact) mass is 403 g/mol. The summed E-state index contributed by atoms with van der Waals surface area (Å²) in [6.45, 7) is 1.76. The molecule has 8 nitrogen and oxygen atoms in total. The number of benzene rings is 2. The van der Waals surface area contributed by atoms with Crippen molar-refractivity contribution in [2.24, 2.45) is 0 Å². The summed E-state index contributed by atoms with van der Waals surface area (Å²) in [7, 11) is -1.86. The van der Waals surface area contributed by atoms with Gasteiger partial charge in [0.15, 0.2) is 0 Å². The summed E-state index contributed by atoms with van der Waals surface area (Å²) >= 11 is 0. The fourth-order valence-corrected chi connectivity index (χ4v) is 4.10. The molecular formula is C19H21N3O5S. The standard InChI is InChI=1S/C19H21N3O5S/c1-12(23)20-15-5-7-18(27-2)16(11-15)21-19(24)14-4-6-17-13(10-14)8-9-22(17)28(3,25)26/h4-7,10-11H,8-9H2,1-3H3,(H,20,23)(H,21,24). The number of ether oxygens (including phenoxy) is 1. The Kier molecular flexibility index (Phi) is 5.28. The highest BCUT2D eigenvalue weighted by atomic mass is 32.2. The van der Waals surface area contributed by atoms with E-state index in [4.69, 9.17) is 4.74 Å². The number of rotatable bonds is 5. The molecule has 0 aliphatic carbocycles. The Hall–Kier alpha value is -3.07. The van der Waals surface area contributed by atoms with Gasteiger partial charge in [0.2, 0.25) is 15.9 Å². The molecule has 0 saturated carbocycles. The van der Waals surface area contributed by atoms with E-state index >= 15 is 0 Å². The molecule has 0 spiro atoms. The van der Waals surface area contributed by atoms with Gasteiger partial charge in [0.05, 0.1) is 24.7 Å². The average Bonchev–Trinajstić information content (AvgIpc) is 3.05. The number of nitrogens with zero attached hydrogens (tertiary/aromatic N) is 1. The van der Waals surface area contributed by atoms with Gasteiger partial charge in [0.25, 0.3) is 5.91 Å². The van der Waals surface area contributed by atoms with Crippen molar-refractivity contribution in [3.05, 3.63) is 47.5 Å². The Morgan fingerprint density at radius 1 is 1.11 bits per heavy atom. The summed E-state index contributed by atoms with van der Waals surface area (Å²) in [5.74, 6) is -0.137. The summed E-state index contributed by atoms with van der Waals surface area (Å²) in [5.41, 5.74) is 2.75. The number of nitrogens with one attached hydrogen (secondary N) is 2. The third kappa shape index (κ3) is 4.09. The van der Waals surface area contributed by atoms with Crippen LogP contribution in [0.15, 0.2) is 36.4 Å². The minimum absolute atomic E-state index is 0.225. The van der Waals surface area contributed by atoms with Crippen LogP contribution >= 0.6 is 0 Å². The van der Waals surface area contributed by atoms with E-state index in [1.807, 2.05) is 0 Å². The van der Waals surface area contributed by atoms with Crippen LogP contribution in [0, 0.1) is 0 Å². The highest BCUT2D eigenvalue weighted by molar-refractivity contribution is 7.92. The maximum Gasteiger partial charge on any atom is 0.255 e. The van der Waals surface area contributed by atoms with Gasteiger partial charge < -0.3 is 15.4 Å². The predicted molar refractivity (Wildman–Crippen MR) is 108 cm³/mol. The second-order valence-electron chi connectivity index (χ2n) is 6.48. The van der Waals surface area contributed by atoms with Gasteiger partial charge in [0, 0.05) is 24.7 Å². The van der Waals surface area contributed by atoms with E-state index in [0.717, 1.165) is 11.8 Å². The van der Waals surface area contributed by atoms with Crippen LogP contribution < -0.4 is 19.7 Å². The number of methoxy groups -OCH3 is 1. The molecule has 2 aromatic carbocycles. The Bertz CT molecular complexity index is 1050. The van der Waals surface area contributed by atoms with Crippen molar-refractivity contribution in [2.75, 3.05) is 34.8 Å². The SMILES string of the molecule is COc1ccc(NC(C)=O)cc1NC(=O)c1ccc2c(c1)CCN2S(C)(=O)=O. The minimum Gasteiger partial charge on any atom is -0.495 e. The molecule has 0 fully saturated rings. The number of fused-ring (bicyclic) bond motifs is 1. The number of hydrogen-bond donors (Lipinski definition) is 2. The molecule has 0 aromatic heterocycles. The van der Waals surface area contributed by atoms with E-state index in [2.05, 4.69) is 10.6 Å². The van der Waals surface area contributed by atoms with Crippen LogP contribution in [-0.4, -0.2) is 40.1 Å². The van der Waals surface area contributed by atoms with Crippen molar-refractivity contribution in [3.8, 4) is 5.75 Å². The molecule has 148 valence electrons. The van der Waals surface area contributed by atoms with E-state index in [1.165, 1.54) is 18.3 Å². The van der Waals surface area contributed by atoms with E-state index in [-0.39, 0.29) is 11.8 Å². The van der Waals surface area contributed by atoms with Crippen LogP contribution in [0.3, 0.4) is 0 Å². The van der Waals surface area contributed by atoms with Gasteiger partial charge in [-0.25, -0.2) is 8.42 Å². The molecule has 2 amide bonds. The number of amides is 2. The first-order chi connectivity index (χ1) is 13.2. The predicted octanol–water partition coefficient (Wildman–Crippen LogP) is 2.23. The first-order valence-corrected chi connectivity index (χ1v) is 10.4. The highest BCUT2D eigenvalue weighted by Crippen LogP contribution is 2.32. The van der Waals surface area contributed by atoms with E-state index in [0.29, 0.717) is 41.3 Å². The zero-order valence-electron chi connectivity index (χ0n) is 15.8. The minimum atomic E-state index is -3.34. The van der Waals surface area contributed by atoms with Crippen molar-refractivity contribution in [1.82, 2.24) is 0 Å². The van der Waals surface area contributed by atoms with E-state index in [1.54, 1.807) is 36.4 Å². The largest absolute Gasteiger partial charge is 0.495 e. The summed E-state index contributed by atoms with van der Waals surface area (Å²) in [6.07, 6.45) is 1.71. The first kappa shape index (κ1) is 19.7. The van der Waals surface area contributed by atoms with Crippen LogP contribution in [0.2, 0.25) is 0 Å². The number of carbonyl (C=O) groups excluding carboxylic acids is 2. The number of hydrogen-bond acceptors (Lipinski definition) is 5. The molecule has 1 aliphatic rings. The molecule has 0 atom stereocenters. The normalized spacial score (nSPS) is 13.0. The molecule has 0 radical (unpaired) electrons. The summed E-state index contributed by atoms with van der Waals surface area (Å²) < 4.78 is 30.3. The second kappa shape index (κ2) is 7.51. The Balaban J connectivity index is 1.85. The van der Waals surface area contributed by atoms with Crippen LogP contribution in [0.1, 0.15) is 22.8 Å². The zero-order chi connectivity index (χ0) is 20.5. The van der Waals surface area contributed by atoms with Crippen molar-refractivity contribution in [1.29, 1.82) is 0 Å². The molecule has 0 unspecified atom stereocenters. The molecule has 0 bridgehead atoms. The maximum atomic E-state index is 12.7. The summed E-state index contributed by atoms with van der Waals surface area (Å²) in [6, 6.07) is 9.85. The van der Waals surface area contributed by atoms with Gasteiger partial charge in [-0.1, -0.05) is 0 Å². The van der Waals surface area contributed by atoms with Gasteiger partial charge >= 0.3 is 0 Å². The quantitative estimate of drug-likeness (QED) is 0.797. The van der Waals surface area contributed by atoms with Crippen LogP contribution in [0.25, 0.3) is 0 Å². The average molecular weight is 403 g/mol. The Morgan fingerprint density at radius 3 is 2.50 bits per heavy atom. The molecule has 2 N–H and O–H groups in total. The summed E-state index contributed by atoms with van der Waals surface area (Å²) in [4.78, 5) is 24.0. The van der Waals surface area contributed by atoms with Gasteiger partial charge in [-0.3, -0.25) is 13.9 Å². The lowest BCUT2D eigenvalue weighted by molar-refractivity contribution is -0.114. The lowest BCUT2D eigenvalue weighted by Crippen LogP contribution is -2.27. The van der Waals surface area contributed by atoms with Crippen LogP contribution in [0.4, 0.5) is 17.1 Å². The molecule has 28 heavy (non-hydrogen) atoms. The molecule has 0 saturated heterocycles. The summed E-state index contributed by atoms with van der Waals surface area (Å²) in [5, 5.41) is 5.43. The topological polar surface area (TPSA) is 105 Å². The van der Waals surface area contributed by atoms with Crippen LogP contribution in [-0.2, 0) is 21.2 Å². The van der Waals surface area contributed by atoms with Crippen molar-refractivity contribution in [2.45, 2.75) is 13.3 Å². The molecule has 1 heterocycles. The van der Waals surface area contributed by atoms with Gasteiger partial charge in [-0.05, 0) is 48.4 Å². The molecule has 2 aromatic rings. The number of anilines is 3. The third-order valence-corrected chi connectivity index (χ3v) is 5.54. The fourth-order valence-electron chi connectivity index (χ4n) is 3.14. The second-order valence-corrected chi connectivity index (χ2v) is 8.39. The number of sulfonamides is 1. The lowest BCUT2D eigenvalue weighted by atomic mass is 10.1. The Labute approximate surface area is 163 Å². The number of carbonyl (C=O) groups is 2. The zero-order valence-corrected chi connectivity index (χ0v) is 16.6. The maximum absolute atomic E-state index is 12.7. The van der Waals surface area contributed by atoms with Gasteiger partial charge in [0.1, 0.15) is 5.75 Å². The molecule has 9 heteroatoms. The molecule has 3 rings (SSSR count).